The van der Waals surface area contributed by atoms with E-state index in [9.17, 15) is 9.90 Å². The molecule has 0 saturated carbocycles. The van der Waals surface area contributed by atoms with Crippen LogP contribution in [-0.4, -0.2) is 44.1 Å². The molecular weight excluding hydrogens is 306 g/mol. The maximum atomic E-state index is 11.2. The minimum atomic E-state index is -1.06. The second-order valence-electron chi connectivity index (χ2n) is 5.96. The summed E-state index contributed by atoms with van der Waals surface area (Å²) in [6.45, 7) is 3.49. The number of nitrogens with one attached hydrogen (secondary N) is 1. The number of aromatic amines is 1. The van der Waals surface area contributed by atoms with Crippen molar-refractivity contribution in [3.8, 4) is 0 Å². The molecule has 0 bridgehead atoms. The second kappa shape index (κ2) is 5.59. The fourth-order valence-electron chi connectivity index (χ4n) is 3.03. The van der Waals surface area contributed by atoms with Gasteiger partial charge in [0.25, 0.3) is 0 Å². The first-order valence-electron chi connectivity index (χ1n) is 7.93. The zero-order chi connectivity index (χ0) is 16.7. The molecule has 2 aromatic heterocycles. The van der Waals surface area contributed by atoms with Crippen molar-refractivity contribution < 1.29 is 9.90 Å². The molecule has 0 radical (unpaired) electrons. The third-order valence-corrected chi connectivity index (χ3v) is 4.42. The van der Waals surface area contributed by atoms with Crippen LogP contribution >= 0.6 is 0 Å². The lowest BCUT2D eigenvalue weighted by Crippen LogP contribution is -2.46. The summed E-state index contributed by atoms with van der Waals surface area (Å²) in [4.78, 5) is 29.3. The molecule has 0 aliphatic carbocycles. The van der Waals surface area contributed by atoms with Gasteiger partial charge < -0.3 is 15.0 Å². The van der Waals surface area contributed by atoms with Crippen molar-refractivity contribution in [3.63, 3.8) is 0 Å². The van der Waals surface area contributed by atoms with Crippen LogP contribution in [0.3, 0.4) is 0 Å². The topological polar surface area (TPSA) is 95.0 Å². The lowest BCUT2D eigenvalue weighted by atomic mass is 9.99. The largest absolute Gasteiger partial charge is 0.476 e. The molecule has 1 aromatic carbocycles. The van der Waals surface area contributed by atoms with E-state index in [1.54, 1.807) is 0 Å². The van der Waals surface area contributed by atoms with E-state index in [2.05, 4.69) is 39.0 Å². The minimum Gasteiger partial charge on any atom is -0.476 e. The Hall–Kier alpha value is -2.96. The summed E-state index contributed by atoms with van der Waals surface area (Å²) in [5.41, 5.74) is 3.28. The van der Waals surface area contributed by atoms with E-state index in [0.717, 1.165) is 23.3 Å². The van der Waals surface area contributed by atoms with Gasteiger partial charge in [0.15, 0.2) is 11.5 Å². The number of H-pyrrole nitrogens is 1. The van der Waals surface area contributed by atoms with Gasteiger partial charge in [-0.2, -0.15) is 0 Å². The zero-order valence-electron chi connectivity index (χ0n) is 13.2. The van der Waals surface area contributed by atoms with E-state index in [1.165, 1.54) is 18.0 Å². The highest BCUT2D eigenvalue weighted by atomic mass is 16.4. The molecule has 1 aliphatic rings. The molecule has 1 fully saturated rings. The average Bonchev–Trinajstić information content (AvgIpc) is 2.96. The van der Waals surface area contributed by atoms with Crippen LogP contribution in [0, 0.1) is 0 Å². The van der Waals surface area contributed by atoms with Crippen LogP contribution in [0.1, 0.15) is 34.7 Å². The smallest absolute Gasteiger partial charge is 0.358 e. The quantitative estimate of drug-likeness (QED) is 0.764. The summed E-state index contributed by atoms with van der Waals surface area (Å²) in [6.07, 6.45) is 3.91. The number of nitrogens with zero attached hydrogens (tertiary/aromatic N) is 4. The molecule has 4 rings (SSSR count). The van der Waals surface area contributed by atoms with Gasteiger partial charge in [-0.3, -0.25) is 0 Å². The number of carbonyl (C=O) groups is 1. The molecule has 2 N–H and O–H groups in total. The lowest BCUT2D eigenvalue weighted by molar-refractivity contribution is 0.0690. The molecule has 24 heavy (non-hydrogen) atoms. The predicted molar refractivity (Wildman–Crippen MR) is 89.4 cm³/mol. The van der Waals surface area contributed by atoms with Crippen LogP contribution in [-0.2, 0) is 6.42 Å². The van der Waals surface area contributed by atoms with Gasteiger partial charge in [-0.1, -0.05) is 13.0 Å². The SMILES string of the molecule is CCc1ccc2nc(C3CN(c4nccnc4C(=O)O)C3)[nH]c2c1. The third kappa shape index (κ3) is 2.38. The number of aromatic nitrogens is 4. The normalized spacial score (nSPS) is 14.8. The molecule has 1 aliphatic heterocycles. The van der Waals surface area contributed by atoms with Crippen molar-refractivity contribution in [3.05, 3.63) is 47.7 Å². The molecular formula is C17H17N5O2. The number of carboxylic acid groups (broad SMARTS) is 1. The van der Waals surface area contributed by atoms with Crippen LogP contribution in [0.5, 0.6) is 0 Å². The Labute approximate surface area is 138 Å². The van der Waals surface area contributed by atoms with Crippen molar-refractivity contribution in [1.82, 2.24) is 19.9 Å². The summed E-state index contributed by atoms with van der Waals surface area (Å²) in [6, 6.07) is 6.27. The Morgan fingerprint density at radius 3 is 2.88 bits per heavy atom. The molecule has 3 heterocycles. The molecule has 122 valence electrons. The highest BCUT2D eigenvalue weighted by Crippen LogP contribution is 2.31. The van der Waals surface area contributed by atoms with Gasteiger partial charge in [0.1, 0.15) is 5.82 Å². The first kappa shape index (κ1) is 14.6. The number of hydrogen-bond donors (Lipinski definition) is 2. The van der Waals surface area contributed by atoms with Crippen molar-refractivity contribution in [1.29, 1.82) is 0 Å². The maximum absolute atomic E-state index is 11.2. The first-order chi connectivity index (χ1) is 11.7. The number of aryl methyl sites for hydroxylation is 1. The van der Waals surface area contributed by atoms with Gasteiger partial charge in [0.2, 0.25) is 0 Å². The number of benzene rings is 1. The van der Waals surface area contributed by atoms with Crippen molar-refractivity contribution in [2.24, 2.45) is 0 Å². The van der Waals surface area contributed by atoms with Gasteiger partial charge in [0, 0.05) is 25.5 Å². The van der Waals surface area contributed by atoms with Crippen molar-refractivity contribution >= 4 is 22.8 Å². The van der Waals surface area contributed by atoms with E-state index in [1.807, 2.05) is 11.0 Å². The summed E-state index contributed by atoms with van der Waals surface area (Å²) in [7, 11) is 0. The Kier molecular flexibility index (Phi) is 3.41. The van der Waals surface area contributed by atoms with Crippen LogP contribution in [0.2, 0.25) is 0 Å². The monoisotopic (exact) mass is 323 g/mol. The van der Waals surface area contributed by atoms with E-state index < -0.39 is 5.97 Å². The Morgan fingerprint density at radius 1 is 1.33 bits per heavy atom. The number of anilines is 1. The number of imidazole rings is 1. The summed E-state index contributed by atoms with van der Waals surface area (Å²) < 4.78 is 0. The van der Waals surface area contributed by atoms with E-state index in [-0.39, 0.29) is 11.6 Å². The average molecular weight is 323 g/mol. The van der Waals surface area contributed by atoms with Crippen LogP contribution in [0.25, 0.3) is 11.0 Å². The van der Waals surface area contributed by atoms with Crippen LogP contribution < -0.4 is 4.90 Å². The van der Waals surface area contributed by atoms with Gasteiger partial charge in [-0.15, -0.1) is 0 Å². The van der Waals surface area contributed by atoms with Crippen molar-refractivity contribution in [2.75, 3.05) is 18.0 Å². The summed E-state index contributed by atoms with van der Waals surface area (Å²) in [5.74, 6) is 0.546. The van der Waals surface area contributed by atoms with Gasteiger partial charge in [-0.05, 0) is 24.1 Å². The molecule has 0 atom stereocenters. The number of aromatic carboxylic acids is 1. The van der Waals surface area contributed by atoms with E-state index >= 15 is 0 Å². The number of carboxylic acids is 1. The predicted octanol–water partition coefficient (Wildman–Crippen LogP) is 2.22. The van der Waals surface area contributed by atoms with Crippen molar-refractivity contribution in [2.45, 2.75) is 19.3 Å². The molecule has 0 spiro atoms. The van der Waals surface area contributed by atoms with E-state index in [4.69, 9.17) is 0 Å². The first-order valence-corrected chi connectivity index (χ1v) is 7.93. The number of rotatable bonds is 4. The standard InChI is InChI=1S/C17H17N5O2/c1-2-10-3-4-12-13(7-10)21-15(20-12)11-8-22(9-11)16-14(17(23)24)18-5-6-19-16/h3-7,11H,2,8-9H2,1H3,(H,20,21)(H,23,24). The van der Waals surface area contributed by atoms with E-state index in [0.29, 0.717) is 18.9 Å². The maximum Gasteiger partial charge on any atom is 0.358 e. The molecule has 1 saturated heterocycles. The Morgan fingerprint density at radius 2 is 2.12 bits per heavy atom. The molecule has 0 unspecified atom stereocenters. The molecule has 3 aromatic rings. The number of fused-ring (bicyclic) bond motifs is 1. The van der Waals surface area contributed by atoms with Crippen LogP contribution in [0.15, 0.2) is 30.6 Å². The zero-order valence-corrected chi connectivity index (χ0v) is 13.2. The fraction of sp³-hybridized carbons (Fsp3) is 0.294. The fourth-order valence-corrected chi connectivity index (χ4v) is 3.03. The second-order valence-corrected chi connectivity index (χ2v) is 5.96. The highest BCUT2D eigenvalue weighted by Gasteiger charge is 2.34. The third-order valence-electron chi connectivity index (χ3n) is 4.42. The highest BCUT2D eigenvalue weighted by molar-refractivity contribution is 5.91. The molecule has 0 amide bonds. The summed E-state index contributed by atoms with van der Waals surface area (Å²) >= 11 is 0. The Balaban J connectivity index is 1.55. The Bertz CT molecular complexity index is 914. The molecule has 7 heteroatoms. The molecule has 7 nitrogen and oxygen atoms in total. The lowest BCUT2D eigenvalue weighted by Gasteiger charge is -2.39. The summed E-state index contributed by atoms with van der Waals surface area (Å²) in [5, 5.41) is 9.21. The van der Waals surface area contributed by atoms with Gasteiger partial charge in [-0.25, -0.2) is 19.7 Å². The van der Waals surface area contributed by atoms with Gasteiger partial charge in [0.05, 0.1) is 17.0 Å². The minimum absolute atomic E-state index is 0.00635. The van der Waals surface area contributed by atoms with Gasteiger partial charge >= 0.3 is 5.97 Å². The number of hydrogen-bond acceptors (Lipinski definition) is 5. The van der Waals surface area contributed by atoms with Crippen LogP contribution in [0.4, 0.5) is 5.82 Å².